The largest absolute Gasteiger partial charge is 0.493 e. The number of para-hydroxylation sites is 1. The van der Waals surface area contributed by atoms with Gasteiger partial charge in [0, 0.05) is 11.9 Å². The summed E-state index contributed by atoms with van der Waals surface area (Å²) < 4.78 is 15.1. The van der Waals surface area contributed by atoms with Crippen molar-refractivity contribution in [1.82, 2.24) is 9.88 Å². The molecule has 8 nitrogen and oxygen atoms in total. The van der Waals surface area contributed by atoms with Crippen molar-refractivity contribution < 1.29 is 19.1 Å². The van der Waals surface area contributed by atoms with Crippen molar-refractivity contribution in [3.05, 3.63) is 59.9 Å². The Balaban J connectivity index is 1.74. The summed E-state index contributed by atoms with van der Waals surface area (Å²) in [5.41, 5.74) is 0.553. The third-order valence-corrected chi connectivity index (χ3v) is 4.14. The molecule has 0 unspecified atom stereocenters. The Morgan fingerprint density at radius 3 is 2.66 bits per heavy atom. The predicted octanol–water partition coefficient (Wildman–Crippen LogP) is 3.44. The van der Waals surface area contributed by atoms with E-state index in [2.05, 4.69) is 15.5 Å². The number of nitrogens with zero attached hydrogens (tertiary/aromatic N) is 4. The Hall–Kier alpha value is -4.06. The minimum absolute atomic E-state index is 0.0901. The van der Waals surface area contributed by atoms with Crippen molar-refractivity contribution >= 4 is 28.4 Å². The Morgan fingerprint density at radius 2 is 1.90 bits per heavy atom. The van der Waals surface area contributed by atoms with Crippen molar-refractivity contribution in [3.8, 4) is 11.9 Å². The van der Waals surface area contributed by atoms with Crippen molar-refractivity contribution in [2.45, 2.75) is 13.0 Å². The minimum atomic E-state index is -0.775. The van der Waals surface area contributed by atoms with E-state index < -0.39 is 24.2 Å². The van der Waals surface area contributed by atoms with Gasteiger partial charge in [-0.1, -0.05) is 30.3 Å². The lowest BCUT2D eigenvalue weighted by Crippen LogP contribution is -2.29. The second-order valence-corrected chi connectivity index (χ2v) is 6.01. The normalized spacial score (nSPS) is 10.9. The molecule has 2 amide bonds. The van der Waals surface area contributed by atoms with E-state index in [-0.39, 0.29) is 30.1 Å². The van der Waals surface area contributed by atoms with Crippen molar-refractivity contribution in [1.29, 1.82) is 5.26 Å². The van der Waals surface area contributed by atoms with Gasteiger partial charge in [-0.3, -0.25) is 9.59 Å². The first-order valence-corrected chi connectivity index (χ1v) is 8.67. The van der Waals surface area contributed by atoms with E-state index >= 15 is 0 Å². The molecule has 146 valence electrons. The number of carbonyl (C=O) groups is 2. The van der Waals surface area contributed by atoms with Gasteiger partial charge in [-0.25, -0.2) is 4.39 Å². The molecular weight excluding hydrogens is 377 g/mol. The number of rotatable bonds is 6. The lowest BCUT2D eigenvalue weighted by atomic mass is 10.2. The molecule has 3 rings (SSSR count). The summed E-state index contributed by atoms with van der Waals surface area (Å²) >= 11 is 0. The molecule has 0 aliphatic rings. The fourth-order valence-corrected chi connectivity index (χ4v) is 2.80. The molecule has 0 radical (unpaired) electrons. The average molecular weight is 393 g/mol. The topological polar surface area (TPSA) is 120 Å². The number of aromatic hydroxyl groups is 1. The van der Waals surface area contributed by atoms with Crippen LogP contribution in [0.5, 0.6) is 5.88 Å². The van der Waals surface area contributed by atoms with E-state index in [1.165, 1.54) is 22.8 Å². The highest BCUT2D eigenvalue weighted by Gasteiger charge is 2.17. The zero-order valence-electron chi connectivity index (χ0n) is 15.2. The summed E-state index contributed by atoms with van der Waals surface area (Å²) in [6.45, 7) is -0.227. The number of aryl methyl sites for hydroxylation is 1. The van der Waals surface area contributed by atoms with Crippen LogP contribution in [0.2, 0.25) is 0 Å². The monoisotopic (exact) mass is 393 g/mol. The number of amides is 2. The summed E-state index contributed by atoms with van der Waals surface area (Å²) in [5, 5.41) is 29.4. The quantitative estimate of drug-likeness (QED) is 0.623. The molecule has 0 saturated heterocycles. The van der Waals surface area contributed by atoms with Crippen LogP contribution in [0.4, 0.5) is 10.1 Å². The van der Waals surface area contributed by atoms with Gasteiger partial charge in [0.1, 0.15) is 12.4 Å². The van der Waals surface area contributed by atoms with Crippen LogP contribution in [0.15, 0.2) is 58.8 Å². The highest BCUT2D eigenvalue weighted by atomic mass is 19.1. The van der Waals surface area contributed by atoms with Gasteiger partial charge in [0.25, 0.3) is 11.8 Å². The fourth-order valence-electron chi connectivity index (χ4n) is 2.80. The van der Waals surface area contributed by atoms with Crippen LogP contribution >= 0.6 is 0 Å². The van der Waals surface area contributed by atoms with Gasteiger partial charge in [0.05, 0.1) is 23.6 Å². The summed E-state index contributed by atoms with van der Waals surface area (Å²) in [6.07, 6.45) is 0.184. The molecule has 0 aliphatic heterocycles. The van der Waals surface area contributed by atoms with E-state index in [0.29, 0.717) is 10.9 Å². The van der Waals surface area contributed by atoms with Gasteiger partial charge in [0.2, 0.25) is 5.88 Å². The van der Waals surface area contributed by atoms with Gasteiger partial charge in [-0.05, 0) is 18.2 Å². The van der Waals surface area contributed by atoms with Crippen molar-refractivity contribution in [2.75, 3.05) is 6.54 Å². The molecule has 0 spiro atoms. The lowest BCUT2D eigenvalue weighted by molar-refractivity contribution is -0.117. The molecule has 0 aliphatic carbocycles. The van der Waals surface area contributed by atoms with Crippen molar-refractivity contribution in [3.63, 3.8) is 0 Å². The standard InChI is InChI=1S/C20H16FN5O3/c21-15-8-3-1-6-13(15)19(28)23-12-17(27)24-25-18-14-7-2-4-9-16(14)26(20(18)29)11-5-10-22/h1-4,6-9,29H,5,11-12H2,(H,23,28). The first-order valence-electron chi connectivity index (χ1n) is 8.67. The van der Waals surface area contributed by atoms with Gasteiger partial charge in [0.15, 0.2) is 5.69 Å². The number of nitrogens with one attached hydrogen (secondary N) is 1. The van der Waals surface area contributed by atoms with E-state index in [4.69, 9.17) is 5.26 Å². The zero-order valence-corrected chi connectivity index (χ0v) is 15.2. The first kappa shape index (κ1) is 19.7. The number of halogens is 1. The Morgan fingerprint density at radius 1 is 1.17 bits per heavy atom. The maximum atomic E-state index is 13.6. The SMILES string of the molecule is N#CCCn1c(O)c(N=NC(=O)CNC(=O)c2ccccc2F)c2ccccc21. The number of carbonyl (C=O) groups excluding carboxylic acids is 2. The summed E-state index contributed by atoms with van der Waals surface area (Å²) in [5.74, 6) is -2.44. The molecule has 29 heavy (non-hydrogen) atoms. The number of fused-ring (bicyclic) bond motifs is 1. The first-order chi connectivity index (χ1) is 14.0. The highest BCUT2D eigenvalue weighted by Crippen LogP contribution is 2.38. The van der Waals surface area contributed by atoms with Crippen LogP contribution in [0.25, 0.3) is 10.9 Å². The van der Waals surface area contributed by atoms with Crippen LogP contribution in [0, 0.1) is 17.1 Å². The second-order valence-electron chi connectivity index (χ2n) is 6.01. The summed E-state index contributed by atoms with van der Waals surface area (Å²) in [6, 6.07) is 14.4. The molecule has 2 N–H and O–H groups in total. The predicted molar refractivity (Wildman–Crippen MR) is 102 cm³/mol. The molecule has 0 saturated carbocycles. The maximum Gasteiger partial charge on any atom is 0.283 e. The third-order valence-electron chi connectivity index (χ3n) is 4.14. The van der Waals surface area contributed by atoms with Crippen LogP contribution in [0.1, 0.15) is 16.8 Å². The van der Waals surface area contributed by atoms with Crippen LogP contribution in [-0.2, 0) is 11.3 Å². The Labute approximate surface area is 164 Å². The fraction of sp³-hybridized carbons (Fsp3) is 0.150. The van der Waals surface area contributed by atoms with E-state index in [0.717, 1.165) is 6.07 Å². The minimum Gasteiger partial charge on any atom is -0.493 e. The van der Waals surface area contributed by atoms with E-state index in [1.807, 2.05) is 6.07 Å². The molecule has 1 aromatic heterocycles. The van der Waals surface area contributed by atoms with Gasteiger partial charge in [-0.15, -0.1) is 10.2 Å². The molecular formula is C20H16FN5O3. The molecule has 1 heterocycles. The van der Waals surface area contributed by atoms with E-state index in [9.17, 15) is 19.1 Å². The third kappa shape index (κ3) is 4.27. The molecule has 2 aromatic carbocycles. The van der Waals surface area contributed by atoms with Gasteiger partial charge in [-0.2, -0.15) is 5.26 Å². The second kappa shape index (κ2) is 8.75. The average Bonchev–Trinajstić information content (AvgIpc) is 3.00. The number of benzene rings is 2. The lowest BCUT2D eigenvalue weighted by Gasteiger charge is -2.03. The summed E-state index contributed by atoms with van der Waals surface area (Å²) in [4.78, 5) is 23.9. The van der Waals surface area contributed by atoms with E-state index in [1.54, 1.807) is 24.3 Å². The molecule has 0 atom stereocenters. The van der Waals surface area contributed by atoms with Gasteiger partial charge < -0.3 is 15.0 Å². The summed E-state index contributed by atoms with van der Waals surface area (Å²) in [7, 11) is 0. The molecule has 9 heteroatoms. The number of nitriles is 1. The smallest absolute Gasteiger partial charge is 0.283 e. The maximum absolute atomic E-state index is 13.6. The molecule has 3 aromatic rings. The molecule has 0 bridgehead atoms. The number of aromatic nitrogens is 1. The highest BCUT2D eigenvalue weighted by molar-refractivity contribution is 5.97. The molecule has 0 fully saturated rings. The number of azo groups is 1. The zero-order chi connectivity index (χ0) is 20.8. The van der Waals surface area contributed by atoms with Crippen molar-refractivity contribution in [2.24, 2.45) is 10.2 Å². The number of hydrogen-bond acceptors (Lipinski definition) is 5. The number of hydrogen-bond donors (Lipinski definition) is 2. The van der Waals surface area contributed by atoms with Crippen LogP contribution in [0.3, 0.4) is 0 Å². The van der Waals surface area contributed by atoms with Crippen LogP contribution < -0.4 is 5.32 Å². The van der Waals surface area contributed by atoms with Gasteiger partial charge >= 0.3 is 0 Å². The Kier molecular flexibility index (Phi) is 5.94. The van der Waals surface area contributed by atoms with Crippen LogP contribution in [-0.4, -0.2) is 28.0 Å². The Bertz CT molecular complexity index is 1150.